The molecule has 0 saturated carbocycles. The highest BCUT2D eigenvalue weighted by Gasteiger charge is 2.19. The van der Waals surface area contributed by atoms with Crippen molar-refractivity contribution in [2.75, 3.05) is 26.3 Å². The van der Waals surface area contributed by atoms with Gasteiger partial charge in [-0.05, 0) is 25.8 Å². The maximum absolute atomic E-state index is 12.3. The predicted molar refractivity (Wildman–Crippen MR) is 82.9 cm³/mol. The fourth-order valence-corrected chi connectivity index (χ4v) is 2.95. The van der Waals surface area contributed by atoms with Crippen LogP contribution in [0.5, 0.6) is 0 Å². The lowest BCUT2D eigenvalue weighted by molar-refractivity contribution is -0.135. The summed E-state index contributed by atoms with van der Waals surface area (Å²) in [5.74, 6) is 0.144. The van der Waals surface area contributed by atoms with Crippen molar-refractivity contribution in [1.29, 1.82) is 5.26 Å². The van der Waals surface area contributed by atoms with Gasteiger partial charge in [0.15, 0.2) is 5.65 Å². The first-order valence-electron chi connectivity index (χ1n) is 7.71. The van der Waals surface area contributed by atoms with Crippen molar-refractivity contribution in [3.05, 3.63) is 28.7 Å². The van der Waals surface area contributed by atoms with Gasteiger partial charge in [0.1, 0.15) is 11.6 Å². The molecular formula is C16H19N5O2. The summed E-state index contributed by atoms with van der Waals surface area (Å²) in [4.78, 5) is 18.6. The molecular weight excluding hydrogens is 294 g/mol. The number of aromatic nitrogens is 3. The third-order valence-electron chi connectivity index (χ3n) is 4.28. The van der Waals surface area contributed by atoms with E-state index in [-0.39, 0.29) is 5.91 Å². The van der Waals surface area contributed by atoms with Gasteiger partial charge >= 0.3 is 0 Å². The maximum Gasteiger partial charge on any atom is 0.223 e. The van der Waals surface area contributed by atoms with E-state index in [1.165, 1.54) is 6.20 Å². The molecule has 120 valence electrons. The molecule has 1 saturated heterocycles. The molecule has 7 heteroatoms. The van der Waals surface area contributed by atoms with E-state index in [2.05, 4.69) is 16.2 Å². The van der Waals surface area contributed by atoms with Crippen LogP contribution in [-0.2, 0) is 16.0 Å². The average Bonchev–Trinajstić information content (AvgIpc) is 2.98. The van der Waals surface area contributed by atoms with Gasteiger partial charge in [0.25, 0.3) is 0 Å². The lowest BCUT2D eigenvalue weighted by Crippen LogP contribution is -2.40. The predicted octanol–water partition coefficient (Wildman–Crippen LogP) is 1.01. The van der Waals surface area contributed by atoms with Crippen LogP contribution in [-0.4, -0.2) is 51.7 Å². The number of hydrogen-bond donors (Lipinski definition) is 0. The normalized spacial score (nSPS) is 14.9. The van der Waals surface area contributed by atoms with E-state index in [4.69, 9.17) is 10.00 Å². The van der Waals surface area contributed by atoms with Crippen LogP contribution in [0.15, 0.2) is 6.20 Å². The maximum atomic E-state index is 12.3. The number of amides is 1. The Morgan fingerprint density at radius 3 is 2.83 bits per heavy atom. The second-order valence-corrected chi connectivity index (χ2v) is 5.66. The summed E-state index contributed by atoms with van der Waals surface area (Å²) in [6.45, 7) is 6.42. The van der Waals surface area contributed by atoms with Gasteiger partial charge < -0.3 is 9.64 Å². The SMILES string of the molecule is Cc1nc2c(C#N)cnn2c(C)c1CCC(=O)N1CCOCC1. The minimum Gasteiger partial charge on any atom is -0.378 e. The van der Waals surface area contributed by atoms with Gasteiger partial charge in [0.05, 0.1) is 19.4 Å². The van der Waals surface area contributed by atoms with E-state index in [9.17, 15) is 4.79 Å². The summed E-state index contributed by atoms with van der Waals surface area (Å²) in [5.41, 5.74) is 3.84. The van der Waals surface area contributed by atoms with Gasteiger partial charge in [0, 0.05) is 30.9 Å². The molecule has 1 aliphatic heterocycles. The number of fused-ring (bicyclic) bond motifs is 1. The van der Waals surface area contributed by atoms with Crippen molar-refractivity contribution >= 4 is 11.6 Å². The second-order valence-electron chi connectivity index (χ2n) is 5.66. The minimum absolute atomic E-state index is 0.144. The number of nitriles is 1. The Hall–Kier alpha value is -2.46. The van der Waals surface area contributed by atoms with Crippen molar-refractivity contribution < 1.29 is 9.53 Å². The van der Waals surface area contributed by atoms with Crippen molar-refractivity contribution in [1.82, 2.24) is 19.5 Å². The topological polar surface area (TPSA) is 83.5 Å². The number of nitrogens with zero attached hydrogens (tertiary/aromatic N) is 5. The fourth-order valence-electron chi connectivity index (χ4n) is 2.95. The highest BCUT2D eigenvalue weighted by molar-refractivity contribution is 5.76. The highest BCUT2D eigenvalue weighted by atomic mass is 16.5. The molecule has 0 atom stereocenters. The second kappa shape index (κ2) is 6.34. The van der Waals surface area contributed by atoms with Crippen molar-refractivity contribution in [2.24, 2.45) is 0 Å². The summed E-state index contributed by atoms with van der Waals surface area (Å²) < 4.78 is 6.95. The molecule has 1 fully saturated rings. The van der Waals surface area contributed by atoms with Gasteiger partial charge in [0.2, 0.25) is 5.91 Å². The molecule has 0 N–H and O–H groups in total. The lowest BCUT2D eigenvalue weighted by atomic mass is 10.1. The van der Waals surface area contributed by atoms with E-state index in [1.54, 1.807) is 4.52 Å². The molecule has 1 aliphatic rings. The van der Waals surface area contributed by atoms with Crippen molar-refractivity contribution in [3.8, 4) is 6.07 Å². The lowest BCUT2D eigenvalue weighted by Gasteiger charge is -2.27. The molecule has 0 spiro atoms. The number of ether oxygens (including phenoxy) is 1. The van der Waals surface area contributed by atoms with Gasteiger partial charge in [-0.15, -0.1) is 0 Å². The Labute approximate surface area is 134 Å². The fraction of sp³-hybridized carbons (Fsp3) is 0.500. The third-order valence-corrected chi connectivity index (χ3v) is 4.28. The standard InChI is InChI=1S/C16H19N5O2/c1-11-14(3-4-15(22)20-5-7-23-8-6-20)12(2)21-16(19-11)13(9-17)10-18-21/h10H,3-8H2,1-2H3. The molecule has 0 bridgehead atoms. The van der Waals surface area contributed by atoms with Crippen LogP contribution in [0, 0.1) is 25.2 Å². The molecule has 3 rings (SSSR count). The zero-order chi connectivity index (χ0) is 16.4. The van der Waals surface area contributed by atoms with E-state index < -0.39 is 0 Å². The van der Waals surface area contributed by atoms with Gasteiger partial charge in [-0.3, -0.25) is 4.79 Å². The van der Waals surface area contributed by atoms with Gasteiger partial charge in [-0.1, -0.05) is 0 Å². The van der Waals surface area contributed by atoms with Gasteiger partial charge in [-0.2, -0.15) is 10.4 Å². The summed E-state index contributed by atoms with van der Waals surface area (Å²) >= 11 is 0. The third kappa shape index (κ3) is 2.90. The Morgan fingerprint density at radius 2 is 2.13 bits per heavy atom. The zero-order valence-electron chi connectivity index (χ0n) is 13.4. The monoisotopic (exact) mass is 313 g/mol. The summed E-state index contributed by atoms with van der Waals surface area (Å²) in [7, 11) is 0. The number of hydrogen-bond acceptors (Lipinski definition) is 5. The molecule has 7 nitrogen and oxygen atoms in total. The molecule has 0 aliphatic carbocycles. The van der Waals surface area contributed by atoms with Crippen LogP contribution in [0.1, 0.15) is 28.9 Å². The van der Waals surface area contributed by atoms with Crippen LogP contribution >= 0.6 is 0 Å². The molecule has 0 unspecified atom stereocenters. The summed E-state index contributed by atoms with van der Waals surface area (Å²) in [6.07, 6.45) is 2.59. The largest absolute Gasteiger partial charge is 0.378 e. The first-order chi connectivity index (χ1) is 11.1. The number of carbonyl (C=O) groups excluding carboxylic acids is 1. The number of carbonyl (C=O) groups is 1. The number of morpholine rings is 1. The molecule has 0 radical (unpaired) electrons. The Bertz CT molecular complexity index is 784. The van der Waals surface area contributed by atoms with Crippen LogP contribution in [0.2, 0.25) is 0 Å². The van der Waals surface area contributed by atoms with Crippen molar-refractivity contribution in [3.63, 3.8) is 0 Å². The smallest absolute Gasteiger partial charge is 0.223 e. The Balaban J connectivity index is 1.80. The minimum atomic E-state index is 0.144. The summed E-state index contributed by atoms with van der Waals surface area (Å²) in [6, 6.07) is 2.10. The number of aryl methyl sites for hydroxylation is 2. The van der Waals surface area contributed by atoms with E-state index in [1.807, 2.05) is 18.7 Å². The molecule has 2 aromatic rings. The van der Waals surface area contributed by atoms with Crippen LogP contribution in [0.4, 0.5) is 0 Å². The number of rotatable bonds is 3. The van der Waals surface area contributed by atoms with Crippen LogP contribution in [0.25, 0.3) is 5.65 Å². The zero-order valence-corrected chi connectivity index (χ0v) is 13.4. The first-order valence-corrected chi connectivity index (χ1v) is 7.71. The molecule has 1 amide bonds. The first kappa shape index (κ1) is 15.4. The van der Waals surface area contributed by atoms with Crippen LogP contribution in [0.3, 0.4) is 0 Å². The van der Waals surface area contributed by atoms with E-state index in [0.29, 0.717) is 50.4 Å². The quantitative estimate of drug-likeness (QED) is 0.844. The molecule has 2 aromatic heterocycles. The summed E-state index contributed by atoms with van der Waals surface area (Å²) in [5, 5.41) is 13.3. The van der Waals surface area contributed by atoms with Crippen molar-refractivity contribution in [2.45, 2.75) is 26.7 Å². The Morgan fingerprint density at radius 1 is 1.39 bits per heavy atom. The highest BCUT2D eigenvalue weighted by Crippen LogP contribution is 2.18. The van der Waals surface area contributed by atoms with Gasteiger partial charge in [-0.25, -0.2) is 9.50 Å². The molecule has 3 heterocycles. The molecule has 0 aromatic carbocycles. The van der Waals surface area contributed by atoms with E-state index in [0.717, 1.165) is 17.0 Å². The average molecular weight is 313 g/mol. The molecule has 23 heavy (non-hydrogen) atoms. The Kier molecular flexibility index (Phi) is 4.26. The van der Waals surface area contributed by atoms with Crippen LogP contribution < -0.4 is 0 Å². The van der Waals surface area contributed by atoms with E-state index >= 15 is 0 Å².